The summed E-state index contributed by atoms with van der Waals surface area (Å²) in [7, 11) is 0. The van der Waals surface area contributed by atoms with Gasteiger partial charge in [0.25, 0.3) is 0 Å². The van der Waals surface area contributed by atoms with Gasteiger partial charge in [0.15, 0.2) is 0 Å². The van der Waals surface area contributed by atoms with Crippen LogP contribution in [-0.2, 0) is 9.53 Å². The number of carbonyl (C=O) groups is 1. The van der Waals surface area contributed by atoms with Crippen LogP contribution in [-0.4, -0.2) is 12.6 Å². The van der Waals surface area contributed by atoms with E-state index in [4.69, 9.17) is 4.74 Å². The molecule has 2 aliphatic rings. The van der Waals surface area contributed by atoms with E-state index in [0.717, 1.165) is 24.8 Å². The van der Waals surface area contributed by atoms with Gasteiger partial charge in [0.1, 0.15) is 0 Å². The Morgan fingerprint density at radius 1 is 1.29 bits per heavy atom. The van der Waals surface area contributed by atoms with Crippen molar-refractivity contribution in [3.63, 3.8) is 0 Å². The van der Waals surface area contributed by atoms with Crippen molar-refractivity contribution in [3.05, 3.63) is 23.3 Å². The van der Waals surface area contributed by atoms with Gasteiger partial charge in [0.05, 0.1) is 6.61 Å². The molecule has 0 aromatic heterocycles. The molecule has 1 unspecified atom stereocenters. The molecular weight excluding hydrogens is 260 g/mol. The predicted octanol–water partition coefficient (Wildman–Crippen LogP) is 4.90. The summed E-state index contributed by atoms with van der Waals surface area (Å²) in [6, 6.07) is 0. The maximum atomic E-state index is 12.1. The highest BCUT2D eigenvalue weighted by Gasteiger charge is 2.55. The van der Waals surface area contributed by atoms with Gasteiger partial charge in [-0.25, -0.2) is 4.79 Å². The summed E-state index contributed by atoms with van der Waals surface area (Å²) in [5, 5.41) is 0. The molecule has 2 nitrogen and oxygen atoms in total. The van der Waals surface area contributed by atoms with Gasteiger partial charge < -0.3 is 4.74 Å². The molecule has 0 N–H and O–H groups in total. The summed E-state index contributed by atoms with van der Waals surface area (Å²) < 4.78 is 5.45. The third kappa shape index (κ3) is 3.41. The van der Waals surface area contributed by atoms with E-state index >= 15 is 0 Å². The van der Waals surface area contributed by atoms with E-state index < -0.39 is 0 Å². The fourth-order valence-electron chi connectivity index (χ4n) is 3.74. The smallest absolute Gasteiger partial charge is 0.333 e. The minimum absolute atomic E-state index is 0.0952. The lowest BCUT2D eigenvalue weighted by Gasteiger charge is -2.33. The van der Waals surface area contributed by atoms with Gasteiger partial charge in [0.2, 0.25) is 0 Å². The van der Waals surface area contributed by atoms with Crippen LogP contribution in [0.2, 0.25) is 0 Å². The number of rotatable bonds is 4. The van der Waals surface area contributed by atoms with Crippen molar-refractivity contribution >= 4 is 5.97 Å². The SMILES string of the molecule is CCCC1(C)COC(=O)/C(=C\[C@H]2[C@H](C=C(C)C)C2(C)C)C1. The molecular formula is C19H30O2. The average molecular weight is 290 g/mol. The quantitative estimate of drug-likeness (QED) is 0.418. The summed E-state index contributed by atoms with van der Waals surface area (Å²) in [6.07, 6.45) is 7.67. The lowest BCUT2D eigenvalue weighted by atomic mass is 9.78. The van der Waals surface area contributed by atoms with E-state index in [1.807, 2.05) is 0 Å². The third-order valence-corrected chi connectivity index (χ3v) is 5.17. The zero-order valence-electron chi connectivity index (χ0n) is 14.5. The Balaban J connectivity index is 2.16. The fourth-order valence-corrected chi connectivity index (χ4v) is 3.74. The molecule has 0 amide bonds. The summed E-state index contributed by atoms with van der Waals surface area (Å²) in [5.74, 6) is 0.934. The molecule has 0 radical (unpaired) electrons. The van der Waals surface area contributed by atoms with Gasteiger partial charge in [-0.15, -0.1) is 0 Å². The first-order valence-corrected chi connectivity index (χ1v) is 8.22. The standard InChI is InChI=1S/C19H30O2/c1-7-8-19(6)11-14(17(20)21-12-19)10-16-15(9-13(2)3)18(16,4)5/h9-10,15-16H,7-8,11-12H2,1-6H3/b14-10-/t15-,16-,19?/m0/s1. The second kappa shape index (κ2) is 5.62. The molecule has 0 bridgehead atoms. The lowest BCUT2D eigenvalue weighted by Crippen LogP contribution is -2.33. The maximum Gasteiger partial charge on any atom is 0.333 e. The summed E-state index contributed by atoms with van der Waals surface area (Å²) >= 11 is 0. The van der Waals surface area contributed by atoms with Gasteiger partial charge in [-0.3, -0.25) is 0 Å². The van der Waals surface area contributed by atoms with Crippen molar-refractivity contribution in [2.75, 3.05) is 6.61 Å². The summed E-state index contributed by atoms with van der Waals surface area (Å²) in [4.78, 5) is 12.1. The van der Waals surface area contributed by atoms with Crippen LogP contribution >= 0.6 is 0 Å². The highest BCUT2D eigenvalue weighted by molar-refractivity contribution is 5.89. The van der Waals surface area contributed by atoms with Crippen molar-refractivity contribution in [2.24, 2.45) is 22.7 Å². The Kier molecular flexibility index (Phi) is 4.37. The zero-order chi connectivity index (χ0) is 15.8. The number of allylic oxidation sites excluding steroid dienone is 3. The van der Waals surface area contributed by atoms with E-state index in [9.17, 15) is 4.79 Å². The molecule has 2 heteroatoms. The van der Waals surface area contributed by atoms with Gasteiger partial charge >= 0.3 is 5.97 Å². The fraction of sp³-hybridized carbons (Fsp3) is 0.737. The largest absolute Gasteiger partial charge is 0.462 e. The first-order chi connectivity index (χ1) is 9.69. The van der Waals surface area contributed by atoms with Crippen LogP contribution in [0.1, 0.15) is 60.8 Å². The van der Waals surface area contributed by atoms with Crippen LogP contribution < -0.4 is 0 Å². The van der Waals surface area contributed by atoms with E-state index in [1.165, 1.54) is 5.57 Å². The molecule has 1 aliphatic carbocycles. The van der Waals surface area contributed by atoms with E-state index in [0.29, 0.717) is 18.4 Å². The minimum Gasteiger partial charge on any atom is -0.462 e. The number of carbonyl (C=O) groups excluding carboxylic acids is 1. The van der Waals surface area contributed by atoms with E-state index in [-0.39, 0.29) is 16.8 Å². The van der Waals surface area contributed by atoms with Crippen LogP contribution in [0.3, 0.4) is 0 Å². The molecule has 1 aliphatic heterocycles. The zero-order valence-corrected chi connectivity index (χ0v) is 14.5. The first-order valence-electron chi connectivity index (χ1n) is 8.22. The number of cyclic esters (lactones) is 1. The van der Waals surface area contributed by atoms with Crippen LogP contribution in [0, 0.1) is 22.7 Å². The highest BCUT2D eigenvalue weighted by Crippen LogP contribution is 2.60. The van der Waals surface area contributed by atoms with E-state index in [1.54, 1.807) is 0 Å². The summed E-state index contributed by atoms with van der Waals surface area (Å²) in [6.45, 7) is 13.9. The second-order valence-corrected chi connectivity index (χ2v) is 8.12. The molecule has 1 saturated carbocycles. The van der Waals surface area contributed by atoms with Crippen molar-refractivity contribution < 1.29 is 9.53 Å². The number of hydrogen-bond acceptors (Lipinski definition) is 2. The molecule has 118 valence electrons. The topological polar surface area (TPSA) is 26.3 Å². The monoisotopic (exact) mass is 290 g/mol. The molecule has 0 spiro atoms. The van der Waals surface area contributed by atoms with Crippen molar-refractivity contribution in [3.8, 4) is 0 Å². The molecule has 1 heterocycles. The molecule has 21 heavy (non-hydrogen) atoms. The van der Waals surface area contributed by atoms with Gasteiger partial charge in [-0.2, -0.15) is 0 Å². The van der Waals surface area contributed by atoms with Crippen molar-refractivity contribution in [1.29, 1.82) is 0 Å². The van der Waals surface area contributed by atoms with Crippen LogP contribution in [0.25, 0.3) is 0 Å². The Labute approximate surface area is 129 Å². The molecule has 3 atom stereocenters. The first kappa shape index (κ1) is 16.3. The Morgan fingerprint density at radius 3 is 2.52 bits per heavy atom. The van der Waals surface area contributed by atoms with Crippen LogP contribution in [0.4, 0.5) is 0 Å². The predicted molar refractivity (Wildman–Crippen MR) is 86.9 cm³/mol. The second-order valence-electron chi connectivity index (χ2n) is 8.12. The molecule has 1 saturated heterocycles. The highest BCUT2D eigenvalue weighted by atomic mass is 16.5. The Hall–Kier alpha value is -1.05. The van der Waals surface area contributed by atoms with Gasteiger partial charge in [-0.1, -0.05) is 51.8 Å². The van der Waals surface area contributed by atoms with E-state index in [2.05, 4.69) is 53.7 Å². The Morgan fingerprint density at radius 2 is 1.95 bits per heavy atom. The molecule has 0 aromatic carbocycles. The van der Waals surface area contributed by atoms with Gasteiger partial charge in [-0.05, 0) is 43.9 Å². The maximum absolute atomic E-state index is 12.1. The van der Waals surface area contributed by atoms with Crippen molar-refractivity contribution in [2.45, 2.75) is 60.8 Å². The molecule has 0 aromatic rings. The van der Waals surface area contributed by atoms with Crippen LogP contribution in [0.15, 0.2) is 23.3 Å². The van der Waals surface area contributed by atoms with Gasteiger partial charge in [0, 0.05) is 11.0 Å². The number of esters is 1. The lowest BCUT2D eigenvalue weighted by molar-refractivity contribution is -0.147. The minimum atomic E-state index is -0.0952. The normalized spacial score (nSPS) is 36.3. The molecule has 2 rings (SSSR count). The number of ether oxygens (including phenoxy) is 1. The van der Waals surface area contributed by atoms with Crippen LogP contribution in [0.5, 0.6) is 0 Å². The average Bonchev–Trinajstić information content (AvgIpc) is 2.85. The molecule has 2 fully saturated rings. The third-order valence-electron chi connectivity index (χ3n) is 5.17. The Bertz CT molecular complexity index is 480. The summed E-state index contributed by atoms with van der Waals surface area (Å²) in [5.41, 5.74) is 2.65. The number of hydrogen-bond donors (Lipinski definition) is 0. The van der Waals surface area contributed by atoms with Crippen molar-refractivity contribution in [1.82, 2.24) is 0 Å².